The molecule has 3 rings (SSSR count). The van der Waals surface area contributed by atoms with Gasteiger partial charge in [0.25, 0.3) is 5.56 Å². The van der Waals surface area contributed by atoms with Gasteiger partial charge in [0.05, 0.1) is 18.0 Å². The number of carbonyl (C=O) groups excluding carboxylic acids is 1. The van der Waals surface area contributed by atoms with Gasteiger partial charge >= 0.3 is 5.97 Å². The molecular weight excluding hydrogens is 338 g/mol. The number of methoxy groups -OCH3 is 1. The number of benzene rings is 1. The molecule has 0 radical (unpaired) electrons. The van der Waals surface area contributed by atoms with Crippen molar-refractivity contribution in [1.29, 1.82) is 0 Å². The second-order valence-corrected chi connectivity index (χ2v) is 6.83. The van der Waals surface area contributed by atoms with Gasteiger partial charge in [-0.05, 0) is 43.7 Å². The molecule has 25 heavy (non-hydrogen) atoms. The van der Waals surface area contributed by atoms with Crippen molar-refractivity contribution in [2.24, 2.45) is 0 Å². The third-order valence-electron chi connectivity index (χ3n) is 3.69. The zero-order chi connectivity index (χ0) is 18.0. The molecule has 3 aromatic rings. The molecule has 0 amide bonds. The van der Waals surface area contributed by atoms with Crippen molar-refractivity contribution in [2.75, 3.05) is 7.11 Å². The van der Waals surface area contributed by atoms with Crippen LogP contribution in [0, 0.1) is 6.92 Å². The highest BCUT2D eigenvalue weighted by Crippen LogP contribution is 2.25. The number of hydrogen-bond acceptors (Lipinski definition) is 6. The highest BCUT2D eigenvalue weighted by atomic mass is 32.2. The van der Waals surface area contributed by atoms with E-state index >= 15 is 0 Å². The number of thioether (sulfide) groups is 1. The first-order chi connectivity index (χ1) is 12.0. The van der Waals surface area contributed by atoms with Gasteiger partial charge in [-0.25, -0.2) is 14.5 Å². The van der Waals surface area contributed by atoms with Crippen molar-refractivity contribution in [3.63, 3.8) is 0 Å². The van der Waals surface area contributed by atoms with Crippen LogP contribution in [0.1, 0.15) is 12.5 Å². The van der Waals surface area contributed by atoms with Gasteiger partial charge in [0, 0.05) is 6.20 Å². The molecule has 1 unspecified atom stereocenters. The quantitative estimate of drug-likeness (QED) is 0.407. The Hall–Kier alpha value is -2.67. The third kappa shape index (κ3) is 3.41. The molecule has 0 N–H and O–H groups in total. The minimum atomic E-state index is -0.505. The first-order valence-corrected chi connectivity index (χ1v) is 8.58. The summed E-state index contributed by atoms with van der Waals surface area (Å²) in [5.74, 6) is 0.0963. The van der Waals surface area contributed by atoms with E-state index in [-0.39, 0.29) is 11.5 Å². The van der Waals surface area contributed by atoms with Gasteiger partial charge < -0.3 is 4.74 Å². The van der Waals surface area contributed by atoms with Crippen molar-refractivity contribution >= 4 is 28.6 Å². The average Bonchev–Trinajstić information content (AvgIpc) is 2.61. The molecule has 0 saturated heterocycles. The highest BCUT2D eigenvalue weighted by molar-refractivity contribution is 8.00. The SMILES string of the molecule is COC(=O)C(C)Sc1nc2ccccc2c(=O)n1-c1cc(C)ccn1. The van der Waals surface area contributed by atoms with Crippen LogP contribution in [0.2, 0.25) is 0 Å². The molecule has 128 valence electrons. The number of pyridine rings is 1. The zero-order valence-corrected chi connectivity index (χ0v) is 14.9. The van der Waals surface area contributed by atoms with Gasteiger partial charge in [-0.15, -0.1) is 0 Å². The molecule has 2 heterocycles. The molecule has 0 aliphatic rings. The summed E-state index contributed by atoms with van der Waals surface area (Å²) in [6.45, 7) is 3.64. The fraction of sp³-hybridized carbons (Fsp3) is 0.222. The topological polar surface area (TPSA) is 74.1 Å². The van der Waals surface area contributed by atoms with Gasteiger partial charge in [-0.1, -0.05) is 23.9 Å². The second-order valence-electron chi connectivity index (χ2n) is 5.53. The molecule has 0 aliphatic carbocycles. The zero-order valence-electron chi connectivity index (χ0n) is 14.1. The first kappa shape index (κ1) is 17.2. The number of hydrogen-bond donors (Lipinski definition) is 0. The van der Waals surface area contributed by atoms with E-state index in [9.17, 15) is 9.59 Å². The van der Waals surface area contributed by atoms with E-state index in [4.69, 9.17) is 4.74 Å². The lowest BCUT2D eigenvalue weighted by molar-refractivity contribution is -0.139. The smallest absolute Gasteiger partial charge is 0.318 e. The highest BCUT2D eigenvalue weighted by Gasteiger charge is 2.21. The Morgan fingerprint density at radius 2 is 2.04 bits per heavy atom. The summed E-state index contributed by atoms with van der Waals surface area (Å²) >= 11 is 1.17. The Labute approximate surface area is 148 Å². The number of esters is 1. The normalized spacial score (nSPS) is 12.1. The minimum absolute atomic E-state index is 0.219. The Balaban J connectivity index is 2.24. The van der Waals surface area contributed by atoms with Crippen LogP contribution in [0.4, 0.5) is 0 Å². The summed E-state index contributed by atoms with van der Waals surface area (Å²) in [4.78, 5) is 33.7. The number of aryl methyl sites for hydroxylation is 1. The molecule has 0 spiro atoms. The summed E-state index contributed by atoms with van der Waals surface area (Å²) in [7, 11) is 1.34. The summed E-state index contributed by atoms with van der Waals surface area (Å²) < 4.78 is 6.22. The number of ether oxygens (including phenoxy) is 1. The van der Waals surface area contributed by atoms with Crippen LogP contribution >= 0.6 is 11.8 Å². The summed E-state index contributed by atoms with van der Waals surface area (Å²) in [6.07, 6.45) is 1.64. The van der Waals surface area contributed by atoms with Gasteiger partial charge in [0.2, 0.25) is 0 Å². The van der Waals surface area contributed by atoms with E-state index in [0.29, 0.717) is 21.9 Å². The predicted molar refractivity (Wildman–Crippen MR) is 97.2 cm³/mol. The summed E-state index contributed by atoms with van der Waals surface area (Å²) in [5, 5.41) is 0.398. The largest absolute Gasteiger partial charge is 0.468 e. The lowest BCUT2D eigenvalue weighted by Gasteiger charge is -2.15. The van der Waals surface area contributed by atoms with Crippen LogP contribution in [0.15, 0.2) is 52.5 Å². The van der Waals surface area contributed by atoms with Crippen molar-refractivity contribution in [1.82, 2.24) is 14.5 Å². The number of carbonyl (C=O) groups is 1. The molecular formula is C18H17N3O3S. The van der Waals surface area contributed by atoms with Gasteiger partial charge in [0.15, 0.2) is 5.16 Å². The third-order valence-corrected chi connectivity index (χ3v) is 4.72. The summed E-state index contributed by atoms with van der Waals surface area (Å²) in [6, 6.07) is 10.8. The number of aromatic nitrogens is 3. The van der Waals surface area contributed by atoms with Crippen molar-refractivity contribution < 1.29 is 9.53 Å². The molecule has 1 atom stereocenters. The Bertz CT molecular complexity index is 1000. The maximum atomic E-state index is 13.0. The molecule has 0 aliphatic heterocycles. The molecule has 0 bridgehead atoms. The van der Waals surface area contributed by atoms with E-state index < -0.39 is 5.25 Å². The fourth-order valence-corrected chi connectivity index (χ4v) is 3.35. The number of nitrogens with zero attached hydrogens (tertiary/aromatic N) is 3. The van der Waals surface area contributed by atoms with Crippen LogP contribution in [0.5, 0.6) is 0 Å². The van der Waals surface area contributed by atoms with Crippen LogP contribution in [0.25, 0.3) is 16.7 Å². The standard InChI is InChI=1S/C18H17N3O3S/c1-11-8-9-19-15(10-11)21-16(22)13-6-4-5-7-14(13)20-18(21)25-12(2)17(23)24-3/h4-10,12H,1-3H3. The van der Waals surface area contributed by atoms with Gasteiger partial charge in [0.1, 0.15) is 11.1 Å². The molecule has 1 aromatic carbocycles. The van der Waals surface area contributed by atoms with Crippen molar-refractivity contribution in [3.8, 4) is 5.82 Å². The van der Waals surface area contributed by atoms with Crippen LogP contribution in [0.3, 0.4) is 0 Å². The van der Waals surface area contributed by atoms with Crippen LogP contribution in [-0.4, -0.2) is 32.9 Å². The molecule has 0 fully saturated rings. The minimum Gasteiger partial charge on any atom is -0.468 e. The maximum Gasteiger partial charge on any atom is 0.318 e. The van der Waals surface area contributed by atoms with Crippen molar-refractivity contribution in [3.05, 3.63) is 58.5 Å². The van der Waals surface area contributed by atoms with E-state index in [1.807, 2.05) is 25.1 Å². The Morgan fingerprint density at radius 1 is 1.28 bits per heavy atom. The second kappa shape index (κ2) is 7.06. The van der Waals surface area contributed by atoms with Crippen molar-refractivity contribution in [2.45, 2.75) is 24.3 Å². The first-order valence-electron chi connectivity index (χ1n) is 7.70. The molecule has 7 heteroatoms. The molecule has 0 saturated carbocycles. The number of fused-ring (bicyclic) bond motifs is 1. The van der Waals surface area contributed by atoms with E-state index in [1.54, 1.807) is 31.3 Å². The van der Waals surface area contributed by atoms with E-state index in [1.165, 1.54) is 23.4 Å². The Kier molecular flexibility index (Phi) is 4.85. The Morgan fingerprint density at radius 3 is 2.76 bits per heavy atom. The lowest BCUT2D eigenvalue weighted by Crippen LogP contribution is -2.24. The van der Waals surface area contributed by atoms with Gasteiger partial charge in [-0.3, -0.25) is 9.59 Å². The fourth-order valence-electron chi connectivity index (χ4n) is 2.41. The summed E-state index contributed by atoms with van der Waals surface area (Å²) in [5.41, 5.74) is 1.33. The molecule has 2 aromatic heterocycles. The monoisotopic (exact) mass is 355 g/mol. The average molecular weight is 355 g/mol. The lowest BCUT2D eigenvalue weighted by atomic mass is 10.2. The van der Waals surface area contributed by atoms with E-state index in [2.05, 4.69) is 9.97 Å². The van der Waals surface area contributed by atoms with E-state index in [0.717, 1.165) is 5.56 Å². The molecule has 6 nitrogen and oxygen atoms in total. The van der Waals surface area contributed by atoms with Gasteiger partial charge in [-0.2, -0.15) is 0 Å². The van der Waals surface area contributed by atoms with Crippen LogP contribution in [-0.2, 0) is 9.53 Å². The van der Waals surface area contributed by atoms with Crippen LogP contribution < -0.4 is 5.56 Å². The maximum absolute atomic E-state index is 13.0. The number of rotatable bonds is 4. The predicted octanol–water partition coefficient (Wildman–Crippen LogP) is 2.74. The number of para-hydroxylation sites is 1.